The smallest absolute Gasteiger partial charge is 0.0510 e. The SMILES string of the molecule is CCC1CCN(c2ccc(CNC(C)(C)C)cc2Br)CC1. The zero-order valence-electron chi connectivity index (χ0n) is 13.9. The number of hydrogen-bond donors (Lipinski definition) is 1. The number of halogens is 1. The lowest BCUT2D eigenvalue weighted by molar-refractivity contribution is 0.395. The summed E-state index contributed by atoms with van der Waals surface area (Å²) in [5.41, 5.74) is 2.85. The number of nitrogens with zero attached hydrogens (tertiary/aromatic N) is 1. The van der Waals surface area contributed by atoms with Crippen molar-refractivity contribution in [2.24, 2.45) is 5.92 Å². The molecule has 1 aliphatic rings. The highest BCUT2D eigenvalue weighted by atomic mass is 79.9. The molecule has 0 saturated carbocycles. The highest BCUT2D eigenvalue weighted by Gasteiger charge is 2.19. The van der Waals surface area contributed by atoms with Gasteiger partial charge in [-0.2, -0.15) is 0 Å². The van der Waals surface area contributed by atoms with Crippen LogP contribution in [0.3, 0.4) is 0 Å². The fourth-order valence-electron chi connectivity index (χ4n) is 2.87. The molecule has 0 aliphatic carbocycles. The van der Waals surface area contributed by atoms with Crippen molar-refractivity contribution in [3.8, 4) is 0 Å². The van der Waals surface area contributed by atoms with Crippen LogP contribution in [0.1, 0.15) is 52.5 Å². The highest BCUT2D eigenvalue weighted by Crippen LogP contribution is 2.31. The van der Waals surface area contributed by atoms with Gasteiger partial charge in [0.1, 0.15) is 0 Å². The second kappa shape index (κ2) is 7.15. The lowest BCUT2D eigenvalue weighted by Crippen LogP contribution is -2.35. The van der Waals surface area contributed by atoms with E-state index in [1.165, 1.54) is 48.1 Å². The Balaban J connectivity index is 1.99. The molecule has 1 N–H and O–H groups in total. The van der Waals surface area contributed by atoms with Gasteiger partial charge in [-0.25, -0.2) is 0 Å². The van der Waals surface area contributed by atoms with E-state index in [2.05, 4.69) is 72.0 Å². The molecular weight excluding hydrogens is 324 g/mol. The van der Waals surface area contributed by atoms with Gasteiger partial charge >= 0.3 is 0 Å². The number of hydrogen-bond acceptors (Lipinski definition) is 2. The van der Waals surface area contributed by atoms with Gasteiger partial charge < -0.3 is 10.2 Å². The van der Waals surface area contributed by atoms with Crippen LogP contribution in [0.25, 0.3) is 0 Å². The van der Waals surface area contributed by atoms with Crippen LogP contribution in [0.5, 0.6) is 0 Å². The van der Waals surface area contributed by atoms with Crippen molar-refractivity contribution in [1.82, 2.24) is 5.32 Å². The van der Waals surface area contributed by atoms with E-state index in [9.17, 15) is 0 Å². The Hall–Kier alpha value is -0.540. The number of anilines is 1. The third-order valence-electron chi connectivity index (χ3n) is 4.37. The molecule has 1 aromatic carbocycles. The van der Waals surface area contributed by atoms with Gasteiger partial charge in [-0.3, -0.25) is 0 Å². The monoisotopic (exact) mass is 352 g/mol. The molecular formula is C18H29BrN2. The predicted octanol–water partition coefficient (Wildman–Crippen LogP) is 4.96. The summed E-state index contributed by atoms with van der Waals surface area (Å²) >= 11 is 3.77. The summed E-state index contributed by atoms with van der Waals surface area (Å²) in [4.78, 5) is 2.53. The highest BCUT2D eigenvalue weighted by molar-refractivity contribution is 9.10. The standard InChI is InChI=1S/C18H29BrN2/c1-5-14-8-10-21(11-9-14)17-7-6-15(12-16(17)19)13-20-18(2,3)4/h6-7,12,14,20H,5,8-11,13H2,1-4H3. The molecule has 1 aliphatic heterocycles. The number of piperidine rings is 1. The minimum absolute atomic E-state index is 0.160. The fourth-order valence-corrected chi connectivity index (χ4v) is 3.54. The lowest BCUT2D eigenvalue weighted by atomic mass is 9.94. The topological polar surface area (TPSA) is 15.3 Å². The van der Waals surface area contributed by atoms with E-state index in [-0.39, 0.29) is 5.54 Å². The summed E-state index contributed by atoms with van der Waals surface area (Å²) in [5.74, 6) is 0.926. The van der Waals surface area contributed by atoms with Crippen LogP contribution in [0, 0.1) is 5.92 Å². The zero-order valence-corrected chi connectivity index (χ0v) is 15.5. The molecule has 1 aromatic rings. The molecule has 21 heavy (non-hydrogen) atoms. The largest absolute Gasteiger partial charge is 0.371 e. The maximum Gasteiger partial charge on any atom is 0.0510 e. The average molecular weight is 353 g/mol. The lowest BCUT2D eigenvalue weighted by Gasteiger charge is -2.34. The number of nitrogens with one attached hydrogen (secondary N) is 1. The Morgan fingerprint density at radius 1 is 1.24 bits per heavy atom. The Morgan fingerprint density at radius 3 is 2.43 bits per heavy atom. The van der Waals surface area contributed by atoms with Gasteiger partial charge in [-0.15, -0.1) is 0 Å². The molecule has 0 atom stereocenters. The maximum absolute atomic E-state index is 3.77. The summed E-state index contributed by atoms with van der Waals surface area (Å²) in [6.45, 7) is 12.2. The third kappa shape index (κ3) is 5.00. The first kappa shape index (κ1) is 16.8. The first-order chi connectivity index (χ1) is 9.89. The van der Waals surface area contributed by atoms with E-state index >= 15 is 0 Å². The Kier molecular flexibility index (Phi) is 5.73. The Bertz CT molecular complexity index is 457. The van der Waals surface area contributed by atoms with Gasteiger partial charge in [0, 0.05) is 29.6 Å². The summed E-state index contributed by atoms with van der Waals surface area (Å²) in [5, 5.41) is 3.54. The molecule has 2 nitrogen and oxygen atoms in total. The van der Waals surface area contributed by atoms with E-state index in [0.29, 0.717) is 0 Å². The minimum Gasteiger partial charge on any atom is -0.371 e. The maximum atomic E-state index is 3.77. The second-order valence-corrected chi connectivity index (χ2v) is 8.08. The van der Waals surface area contributed by atoms with Crippen molar-refractivity contribution >= 4 is 21.6 Å². The molecule has 0 spiro atoms. The molecule has 1 heterocycles. The van der Waals surface area contributed by atoms with Crippen LogP contribution < -0.4 is 10.2 Å². The summed E-state index contributed by atoms with van der Waals surface area (Å²) in [6, 6.07) is 6.79. The van der Waals surface area contributed by atoms with Gasteiger partial charge in [-0.1, -0.05) is 19.4 Å². The van der Waals surface area contributed by atoms with E-state index in [0.717, 1.165) is 12.5 Å². The molecule has 118 valence electrons. The molecule has 0 amide bonds. The molecule has 1 fully saturated rings. The number of benzene rings is 1. The molecule has 3 heteroatoms. The average Bonchev–Trinajstić information content (AvgIpc) is 2.45. The molecule has 0 unspecified atom stereocenters. The third-order valence-corrected chi connectivity index (χ3v) is 5.00. The van der Waals surface area contributed by atoms with E-state index in [1.54, 1.807) is 0 Å². The van der Waals surface area contributed by atoms with Crippen molar-refractivity contribution in [3.05, 3.63) is 28.2 Å². The summed E-state index contributed by atoms with van der Waals surface area (Å²) < 4.78 is 1.23. The first-order valence-electron chi connectivity index (χ1n) is 8.17. The second-order valence-electron chi connectivity index (χ2n) is 7.23. The van der Waals surface area contributed by atoms with Crippen LogP contribution in [-0.2, 0) is 6.54 Å². The van der Waals surface area contributed by atoms with Gasteiger partial charge in [-0.05, 0) is 73.2 Å². The summed E-state index contributed by atoms with van der Waals surface area (Å²) in [7, 11) is 0. The van der Waals surface area contributed by atoms with Crippen LogP contribution in [0.4, 0.5) is 5.69 Å². The van der Waals surface area contributed by atoms with Crippen molar-refractivity contribution in [1.29, 1.82) is 0 Å². The van der Waals surface area contributed by atoms with Gasteiger partial charge in [0.15, 0.2) is 0 Å². The van der Waals surface area contributed by atoms with Gasteiger partial charge in [0.25, 0.3) is 0 Å². The molecule has 0 aromatic heterocycles. The first-order valence-corrected chi connectivity index (χ1v) is 8.97. The van der Waals surface area contributed by atoms with Gasteiger partial charge in [0.05, 0.1) is 5.69 Å². The van der Waals surface area contributed by atoms with Crippen molar-refractivity contribution in [2.45, 2.75) is 59.0 Å². The van der Waals surface area contributed by atoms with Crippen LogP contribution >= 0.6 is 15.9 Å². The van der Waals surface area contributed by atoms with E-state index in [4.69, 9.17) is 0 Å². The summed E-state index contributed by atoms with van der Waals surface area (Å²) in [6.07, 6.45) is 3.99. The fraction of sp³-hybridized carbons (Fsp3) is 0.667. The molecule has 2 rings (SSSR count). The number of rotatable bonds is 4. The van der Waals surface area contributed by atoms with Crippen molar-refractivity contribution in [2.75, 3.05) is 18.0 Å². The van der Waals surface area contributed by atoms with Crippen molar-refractivity contribution in [3.63, 3.8) is 0 Å². The van der Waals surface area contributed by atoms with E-state index in [1.807, 2.05) is 0 Å². The normalized spacial score (nSPS) is 17.3. The molecule has 0 radical (unpaired) electrons. The molecule has 0 bridgehead atoms. The van der Waals surface area contributed by atoms with Crippen LogP contribution in [0.2, 0.25) is 0 Å². The minimum atomic E-state index is 0.160. The zero-order chi connectivity index (χ0) is 15.5. The Labute approximate surface area is 138 Å². The van der Waals surface area contributed by atoms with Crippen LogP contribution in [-0.4, -0.2) is 18.6 Å². The molecule has 1 saturated heterocycles. The Morgan fingerprint density at radius 2 is 1.90 bits per heavy atom. The van der Waals surface area contributed by atoms with E-state index < -0.39 is 0 Å². The van der Waals surface area contributed by atoms with Gasteiger partial charge in [0.2, 0.25) is 0 Å². The van der Waals surface area contributed by atoms with Crippen LogP contribution in [0.15, 0.2) is 22.7 Å². The predicted molar refractivity (Wildman–Crippen MR) is 96.0 cm³/mol. The van der Waals surface area contributed by atoms with Crippen molar-refractivity contribution < 1.29 is 0 Å². The quantitative estimate of drug-likeness (QED) is 0.823.